The molecule has 0 radical (unpaired) electrons. The van der Waals surface area contributed by atoms with Gasteiger partial charge in [0.2, 0.25) is 0 Å². The second kappa shape index (κ2) is 7.08. The summed E-state index contributed by atoms with van der Waals surface area (Å²) in [6, 6.07) is 9.35. The first-order valence-corrected chi connectivity index (χ1v) is 9.54. The van der Waals surface area contributed by atoms with Crippen LogP contribution in [0.25, 0.3) is 0 Å². The van der Waals surface area contributed by atoms with Gasteiger partial charge in [-0.05, 0) is 63.1 Å². The second-order valence-electron chi connectivity index (χ2n) is 6.68. The van der Waals surface area contributed by atoms with Crippen molar-refractivity contribution in [2.24, 2.45) is 5.41 Å². The van der Waals surface area contributed by atoms with Gasteiger partial charge in [0.15, 0.2) is 9.84 Å². The first kappa shape index (κ1) is 18.7. The third-order valence-corrected chi connectivity index (χ3v) is 4.26. The fraction of sp³-hybridized carbons (Fsp3) is 0.263. The number of sulfone groups is 1. The van der Waals surface area contributed by atoms with Crippen molar-refractivity contribution in [3.63, 3.8) is 0 Å². The predicted molar refractivity (Wildman–Crippen MR) is 98.1 cm³/mol. The van der Waals surface area contributed by atoms with E-state index in [2.05, 4.69) is 22.1 Å². The number of nitrogens with zero attached hydrogens (tertiary/aromatic N) is 1. The van der Waals surface area contributed by atoms with E-state index in [0.29, 0.717) is 16.9 Å². The average Bonchev–Trinajstić information content (AvgIpc) is 2.52. The Morgan fingerprint density at radius 2 is 1.72 bits per heavy atom. The van der Waals surface area contributed by atoms with Crippen LogP contribution < -0.4 is 5.32 Å². The third kappa shape index (κ3) is 5.73. The summed E-state index contributed by atoms with van der Waals surface area (Å²) in [6.45, 7) is 6.03. The first-order valence-electron chi connectivity index (χ1n) is 7.65. The van der Waals surface area contributed by atoms with Crippen LogP contribution in [0, 0.1) is 17.3 Å². The van der Waals surface area contributed by atoms with Crippen molar-refractivity contribution in [3.05, 3.63) is 53.9 Å². The Morgan fingerprint density at radius 3 is 2.20 bits per heavy atom. The number of carbonyl (C=O) groups excluding carboxylic acids is 1. The van der Waals surface area contributed by atoms with Gasteiger partial charge in [0.05, 0.1) is 10.5 Å². The molecule has 0 fully saturated rings. The van der Waals surface area contributed by atoms with E-state index in [1.165, 1.54) is 18.3 Å². The van der Waals surface area contributed by atoms with Gasteiger partial charge in [-0.15, -0.1) is 0 Å². The highest BCUT2D eigenvalue weighted by molar-refractivity contribution is 7.90. The molecule has 0 aliphatic heterocycles. The number of benzene rings is 1. The number of hydrogen-bond acceptors (Lipinski definition) is 4. The van der Waals surface area contributed by atoms with E-state index in [1.54, 1.807) is 24.3 Å². The van der Waals surface area contributed by atoms with Crippen LogP contribution in [0.3, 0.4) is 0 Å². The largest absolute Gasteiger partial charge is 0.322 e. The van der Waals surface area contributed by atoms with Crippen LogP contribution in [0.2, 0.25) is 0 Å². The lowest BCUT2D eigenvalue weighted by molar-refractivity contribution is 0.102. The number of anilines is 1. The van der Waals surface area contributed by atoms with Crippen LogP contribution >= 0.6 is 0 Å². The highest BCUT2D eigenvalue weighted by Gasteiger charge is 2.09. The summed E-state index contributed by atoms with van der Waals surface area (Å²) in [5, 5.41) is 2.70. The van der Waals surface area contributed by atoms with Gasteiger partial charge in [0.25, 0.3) is 5.91 Å². The maximum atomic E-state index is 12.2. The number of rotatable bonds is 3. The lowest BCUT2D eigenvalue weighted by atomic mass is 9.98. The number of nitrogens with one attached hydrogen (secondary N) is 1. The molecule has 0 saturated heterocycles. The standard InChI is InChI=1S/C19H20N2O3S/c1-19(2,3)12-11-15-6-5-14(13-20-15)18(22)21-16-7-9-17(10-8-16)25(4,23)24/h5-10,13H,1-4H3,(H,21,22). The van der Waals surface area contributed by atoms with E-state index < -0.39 is 9.84 Å². The normalized spacial score (nSPS) is 11.4. The molecule has 0 unspecified atom stereocenters. The van der Waals surface area contributed by atoms with Crippen LogP contribution in [0.1, 0.15) is 36.8 Å². The molecule has 2 aromatic rings. The molecule has 1 N–H and O–H groups in total. The van der Waals surface area contributed by atoms with E-state index in [-0.39, 0.29) is 16.2 Å². The minimum atomic E-state index is -3.26. The highest BCUT2D eigenvalue weighted by atomic mass is 32.2. The Morgan fingerprint density at radius 1 is 1.08 bits per heavy atom. The van der Waals surface area contributed by atoms with E-state index in [9.17, 15) is 13.2 Å². The van der Waals surface area contributed by atoms with Gasteiger partial charge in [-0.3, -0.25) is 4.79 Å². The molecule has 1 heterocycles. The molecule has 0 spiro atoms. The van der Waals surface area contributed by atoms with Crippen LogP contribution in [-0.2, 0) is 9.84 Å². The monoisotopic (exact) mass is 356 g/mol. The van der Waals surface area contributed by atoms with E-state index >= 15 is 0 Å². The van der Waals surface area contributed by atoms with Crippen LogP contribution in [0.5, 0.6) is 0 Å². The molecule has 0 atom stereocenters. The molecule has 0 bridgehead atoms. The van der Waals surface area contributed by atoms with Gasteiger partial charge in [-0.25, -0.2) is 13.4 Å². The van der Waals surface area contributed by atoms with Gasteiger partial charge >= 0.3 is 0 Å². The topological polar surface area (TPSA) is 76.1 Å². The van der Waals surface area contributed by atoms with Crippen LogP contribution in [-0.4, -0.2) is 25.6 Å². The number of amides is 1. The molecular weight excluding hydrogens is 336 g/mol. The Kier molecular flexibility index (Phi) is 5.29. The summed E-state index contributed by atoms with van der Waals surface area (Å²) in [6.07, 6.45) is 2.60. The summed E-state index contributed by atoms with van der Waals surface area (Å²) in [5.41, 5.74) is 1.39. The van der Waals surface area contributed by atoms with Gasteiger partial charge in [0, 0.05) is 23.6 Å². The van der Waals surface area contributed by atoms with Gasteiger partial charge < -0.3 is 5.32 Å². The zero-order chi connectivity index (χ0) is 18.7. The van der Waals surface area contributed by atoms with Gasteiger partial charge in [-0.2, -0.15) is 0 Å². The van der Waals surface area contributed by atoms with Crippen molar-refractivity contribution in [2.45, 2.75) is 25.7 Å². The minimum Gasteiger partial charge on any atom is -0.322 e. The van der Waals surface area contributed by atoms with Crippen molar-refractivity contribution in [3.8, 4) is 11.8 Å². The maximum absolute atomic E-state index is 12.2. The van der Waals surface area contributed by atoms with E-state index in [0.717, 1.165) is 6.26 Å². The van der Waals surface area contributed by atoms with Crippen molar-refractivity contribution in [2.75, 3.05) is 11.6 Å². The lowest BCUT2D eigenvalue weighted by Gasteiger charge is -2.07. The SMILES string of the molecule is CC(C)(C)C#Cc1ccc(C(=O)Nc2ccc(S(C)(=O)=O)cc2)cn1. The molecule has 2 rings (SSSR count). The molecule has 5 nitrogen and oxygen atoms in total. The summed E-state index contributed by atoms with van der Waals surface area (Å²) in [7, 11) is -3.26. The van der Waals surface area contributed by atoms with Gasteiger partial charge in [-0.1, -0.05) is 5.92 Å². The van der Waals surface area contributed by atoms with Gasteiger partial charge in [0.1, 0.15) is 5.69 Å². The Bertz CT molecular complexity index is 927. The van der Waals surface area contributed by atoms with Crippen molar-refractivity contribution in [1.82, 2.24) is 4.98 Å². The summed E-state index contributed by atoms with van der Waals surface area (Å²) in [5.74, 6) is 5.73. The fourth-order valence-electron chi connectivity index (χ4n) is 1.84. The second-order valence-corrected chi connectivity index (χ2v) is 8.70. The van der Waals surface area contributed by atoms with Crippen LogP contribution in [0.15, 0.2) is 47.5 Å². The molecule has 1 aromatic carbocycles. The maximum Gasteiger partial charge on any atom is 0.257 e. The number of aromatic nitrogens is 1. The zero-order valence-corrected chi connectivity index (χ0v) is 15.4. The zero-order valence-electron chi connectivity index (χ0n) is 14.6. The molecule has 1 aromatic heterocycles. The quantitative estimate of drug-likeness (QED) is 0.857. The van der Waals surface area contributed by atoms with Crippen molar-refractivity contribution in [1.29, 1.82) is 0 Å². The predicted octanol–water partition coefficient (Wildman–Crippen LogP) is 3.14. The van der Waals surface area contributed by atoms with E-state index in [4.69, 9.17) is 0 Å². The molecule has 0 aliphatic rings. The molecule has 0 saturated carbocycles. The number of pyridine rings is 1. The summed E-state index contributed by atoms with van der Waals surface area (Å²) >= 11 is 0. The Labute approximate surface area is 148 Å². The molecule has 130 valence electrons. The molecule has 0 aliphatic carbocycles. The van der Waals surface area contributed by atoms with Crippen LogP contribution in [0.4, 0.5) is 5.69 Å². The summed E-state index contributed by atoms with van der Waals surface area (Å²) in [4.78, 5) is 16.6. The first-order chi connectivity index (χ1) is 11.5. The fourth-order valence-corrected chi connectivity index (χ4v) is 2.47. The smallest absolute Gasteiger partial charge is 0.257 e. The molecule has 25 heavy (non-hydrogen) atoms. The minimum absolute atomic E-state index is 0.115. The third-order valence-electron chi connectivity index (χ3n) is 3.13. The summed E-state index contributed by atoms with van der Waals surface area (Å²) < 4.78 is 22.9. The van der Waals surface area contributed by atoms with Crippen molar-refractivity contribution < 1.29 is 13.2 Å². The van der Waals surface area contributed by atoms with Crippen molar-refractivity contribution >= 4 is 21.4 Å². The molecule has 1 amide bonds. The highest BCUT2D eigenvalue weighted by Crippen LogP contribution is 2.15. The Hall–Kier alpha value is -2.65. The number of hydrogen-bond donors (Lipinski definition) is 1. The average molecular weight is 356 g/mol. The molecule has 6 heteroatoms. The molecular formula is C19H20N2O3S. The number of carbonyl (C=O) groups is 1. The Balaban J connectivity index is 2.09. The lowest BCUT2D eigenvalue weighted by Crippen LogP contribution is -2.12. The van der Waals surface area contributed by atoms with E-state index in [1.807, 2.05) is 20.8 Å².